The van der Waals surface area contributed by atoms with Crippen molar-refractivity contribution in [1.29, 1.82) is 0 Å². The van der Waals surface area contributed by atoms with Crippen LogP contribution in [-0.4, -0.2) is 34.3 Å². The van der Waals surface area contributed by atoms with Crippen molar-refractivity contribution in [2.45, 2.75) is 51.5 Å². The first-order valence-electron chi connectivity index (χ1n) is 6.72. The fourth-order valence-corrected chi connectivity index (χ4v) is 2.40. The van der Waals surface area contributed by atoms with Crippen LogP contribution in [0, 0.1) is 0 Å². The number of hydrogen-bond donors (Lipinski definition) is 1. The predicted octanol–water partition coefficient (Wildman–Crippen LogP) is 2.13. The standard InChI is InChI=1S/C14H23N3O/c1-14(2,3)11-9-15-13(16-10-11)17-7-4-5-12(17)6-8-18/h9-10,12,18H,4-8H2,1-3H3. The zero-order valence-corrected chi connectivity index (χ0v) is 11.6. The molecule has 1 unspecified atom stereocenters. The Morgan fingerprint density at radius 2 is 2.00 bits per heavy atom. The molecule has 0 aromatic carbocycles. The van der Waals surface area contributed by atoms with Crippen LogP contribution in [-0.2, 0) is 5.41 Å². The molecule has 100 valence electrons. The molecule has 1 saturated heterocycles. The Labute approximate surface area is 109 Å². The summed E-state index contributed by atoms with van der Waals surface area (Å²) in [7, 11) is 0. The summed E-state index contributed by atoms with van der Waals surface area (Å²) in [4.78, 5) is 11.2. The first-order valence-corrected chi connectivity index (χ1v) is 6.72. The highest BCUT2D eigenvalue weighted by molar-refractivity contribution is 5.34. The van der Waals surface area contributed by atoms with E-state index < -0.39 is 0 Å². The first kappa shape index (κ1) is 13.3. The average molecular weight is 249 g/mol. The lowest BCUT2D eigenvalue weighted by molar-refractivity contribution is 0.275. The van der Waals surface area contributed by atoms with Crippen molar-refractivity contribution < 1.29 is 5.11 Å². The van der Waals surface area contributed by atoms with Crippen LogP contribution < -0.4 is 4.90 Å². The fraction of sp³-hybridized carbons (Fsp3) is 0.714. The lowest BCUT2D eigenvalue weighted by Crippen LogP contribution is -2.31. The highest BCUT2D eigenvalue weighted by atomic mass is 16.3. The van der Waals surface area contributed by atoms with E-state index in [1.807, 2.05) is 12.4 Å². The Morgan fingerprint density at radius 1 is 1.33 bits per heavy atom. The number of hydrogen-bond acceptors (Lipinski definition) is 4. The lowest BCUT2D eigenvalue weighted by Gasteiger charge is -2.25. The van der Waals surface area contributed by atoms with E-state index in [4.69, 9.17) is 5.11 Å². The summed E-state index contributed by atoms with van der Waals surface area (Å²) in [6.45, 7) is 7.72. The normalized spacial score (nSPS) is 20.4. The molecule has 1 aromatic rings. The Balaban J connectivity index is 2.14. The van der Waals surface area contributed by atoms with Gasteiger partial charge in [-0.1, -0.05) is 20.8 Å². The van der Waals surface area contributed by atoms with Crippen molar-refractivity contribution in [3.63, 3.8) is 0 Å². The summed E-state index contributed by atoms with van der Waals surface area (Å²) in [6.07, 6.45) is 6.96. The fourth-order valence-electron chi connectivity index (χ4n) is 2.40. The average Bonchev–Trinajstić information content (AvgIpc) is 2.77. The van der Waals surface area contributed by atoms with Gasteiger partial charge in [0.05, 0.1) is 0 Å². The van der Waals surface area contributed by atoms with Crippen LogP contribution in [0.4, 0.5) is 5.95 Å². The van der Waals surface area contributed by atoms with Crippen LogP contribution in [0.2, 0.25) is 0 Å². The van der Waals surface area contributed by atoms with E-state index in [-0.39, 0.29) is 12.0 Å². The molecular formula is C14H23N3O. The zero-order chi connectivity index (χ0) is 13.2. The Kier molecular flexibility index (Phi) is 3.85. The molecule has 4 heteroatoms. The van der Waals surface area contributed by atoms with Gasteiger partial charge >= 0.3 is 0 Å². The quantitative estimate of drug-likeness (QED) is 0.891. The van der Waals surface area contributed by atoms with Gasteiger partial charge in [0, 0.05) is 31.6 Å². The molecule has 2 heterocycles. The molecule has 1 atom stereocenters. The van der Waals surface area contributed by atoms with Gasteiger partial charge in [-0.2, -0.15) is 0 Å². The van der Waals surface area contributed by atoms with Gasteiger partial charge in [-0.25, -0.2) is 9.97 Å². The van der Waals surface area contributed by atoms with Gasteiger partial charge in [-0.15, -0.1) is 0 Å². The van der Waals surface area contributed by atoms with E-state index in [2.05, 4.69) is 35.6 Å². The maximum absolute atomic E-state index is 9.07. The zero-order valence-electron chi connectivity index (χ0n) is 11.6. The van der Waals surface area contributed by atoms with Gasteiger partial charge in [-0.3, -0.25) is 0 Å². The molecule has 1 aromatic heterocycles. The Morgan fingerprint density at radius 3 is 2.56 bits per heavy atom. The second kappa shape index (κ2) is 5.22. The minimum Gasteiger partial charge on any atom is -0.396 e. The van der Waals surface area contributed by atoms with Gasteiger partial charge in [0.15, 0.2) is 0 Å². The van der Waals surface area contributed by atoms with Crippen LogP contribution in [0.15, 0.2) is 12.4 Å². The molecule has 0 radical (unpaired) electrons. The van der Waals surface area contributed by atoms with E-state index in [1.165, 1.54) is 0 Å². The lowest BCUT2D eigenvalue weighted by atomic mass is 9.89. The second-order valence-electron chi connectivity index (χ2n) is 6.02. The molecule has 2 rings (SSSR count). The van der Waals surface area contributed by atoms with Gasteiger partial charge in [-0.05, 0) is 30.2 Å². The third-order valence-corrected chi connectivity index (χ3v) is 3.60. The molecule has 0 aliphatic carbocycles. The van der Waals surface area contributed by atoms with Crippen LogP contribution in [0.25, 0.3) is 0 Å². The summed E-state index contributed by atoms with van der Waals surface area (Å²) in [5.41, 5.74) is 1.25. The largest absolute Gasteiger partial charge is 0.396 e. The third-order valence-electron chi connectivity index (χ3n) is 3.60. The number of anilines is 1. The molecule has 0 bridgehead atoms. The molecule has 18 heavy (non-hydrogen) atoms. The van der Waals surface area contributed by atoms with E-state index in [1.54, 1.807) is 0 Å². The van der Waals surface area contributed by atoms with E-state index >= 15 is 0 Å². The molecule has 1 N–H and O–H groups in total. The molecule has 0 amide bonds. The summed E-state index contributed by atoms with van der Waals surface area (Å²) in [5, 5.41) is 9.07. The Bertz CT molecular complexity index is 383. The van der Waals surface area contributed by atoms with E-state index in [0.29, 0.717) is 6.04 Å². The van der Waals surface area contributed by atoms with E-state index in [9.17, 15) is 0 Å². The minimum absolute atomic E-state index is 0.0913. The second-order valence-corrected chi connectivity index (χ2v) is 6.02. The van der Waals surface area contributed by atoms with Crippen LogP contribution in [0.1, 0.15) is 45.6 Å². The summed E-state index contributed by atoms with van der Waals surface area (Å²) >= 11 is 0. The molecule has 1 fully saturated rings. The molecule has 0 saturated carbocycles. The number of nitrogens with zero attached hydrogens (tertiary/aromatic N) is 3. The van der Waals surface area contributed by atoms with Gasteiger partial charge in [0.25, 0.3) is 0 Å². The van der Waals surface area contributed by atoms with Crippen LogP contribution in [0.3, 0.4) is 0 Å². The number of aromatic nitrogens is 2. The monoisotopic (exact) mass is 249 g/mol. The molecule has 0 spiro atoms. The summed E-state index contributed by atoms with van der Waals surface area (Å²) in [5.74, 6) is 0.805. The van der Waals surface area contributed by atoms with Crippen LogP contribution >= 0.6 is 0 Å². The van der Waals surface area contributed by atoms with Crippen LogP contribution in [0.5, 0.6) is 0 Å². The molecule has 4 nitrogen and oxygen atoms in total. The third kappa shape index (κ3) is 2.80. The van der Waals surface area contributed by atoms with Gasteiger partial charge in [0.1, 0.15) is 0 Å². The maximum atomic E-state index is 9.07. The number of aliphatic hydroxyl groups excluding tert-OH is 1. The summed E-state index contributed by atoms with van der Waals surface area (Å²) < 4.78 is 0. The highest BCUT2D eigenvalue weighted by Crippen LogP contribution is 2.26. The molecule has 1 aliphatic heterocycles. The van der Waals surface area contributed by atoms with Crippen molar-refractivity contribution >= 4 is 5.95 Å². The summed E-state index contributed by atoms with van der Waals surface area (Å²) in [6, 6.07) is 0.399. The van der Waals surface area contributed by atoms with Crippen molar-refractivity contribution in [3.8, 4) is 0 Å². The Hall–Kier alpha value is -1.16. The van der Waals surface area contributed by atoms with Gasteiger partial charge < -0.3 is 10.0 Å². The first-order chi connectivity index (χ1) is 8.52. The number of aliphatic hydroxyl groups is 1. The van der Waals surface area contributed by atoms with Crippen molar-refractivity contribution in [3.05, 3.63) is 18.0 Å². The smallest absolute Gasteiger partial charge is 0.225 e. The van der Waals surface area contributed by atoms with Crippen molar-refractivity contribution in [1.82, 2.24) is 9.97 Å². The molecule has 1 aliphatic rings. The van der Waals surface area contributed by atoms with Crippen molar-refractivity contribution in [2.75, 3.05) is 18.1 Å². The molecular weight excluding hydrogens is 226 g/mol. The number of rotatable bonds is 3. The highest BCUT2D eigenvalue weighted by Gasteiger charge is 2.26. The van der Waals surface area contributed by atoms with Crippen molar-refractivity contribution in [2.24, 2.45) is 0 Å². The predicted molar refractivity (Wildman–Crippen MR) is 72.8 cm³/mol. The topological polar surface area (TPSA) is 49.2 Å². The maximum Gasteiger partial charge on any atom is 0.225 e. The SMILES string of the molecule is CC(C)(C)c1cnc(N2CCCC2CCO)nc1. The van der Waals surface area contributed by atoms with Gasteiger partial charge in [0.2, 0.25) is 5.95 Å². The minimum atomic E-state index is 0.0913. The van der Waals surface area contributed by atoms with E-state index in [0.717, 1.165) is 37.3 Å².